The van der Waals surface area contributed by atoms with Crippen molar-refractivity contribution in [1.29, 1.82) is 0 Å². The predicted octanol–water partition coefficient (Wildman–Crippen LogP) is 3.16. The lowest BCUT2D eigenvalue weighted by atomic mass is 10.1. The second-order valence-electron chi connectivity index (χ2n) is 6.30. The molecule has 0 aliphatic rings. The molecular weight excluding hydrogens is 485 g/mol. The highest BCUT2D eigenvalue weighted by Gasteiger charge is 2.04. The largest absolute Gasteiger partial charge is 0.356 e. The summed E-state index contributed by atoms with van der Waals surface area (Å²) in [4.78, 5) is 20.4. The van der Waals surface area contributed by atoms with Gasteiger partial charge in [-0.25, -0.2) is 4.98 Å². The highest BCUT2D eigenvalue weighted by Crippen LogP contribution is 2.11. The predicted molar refractivity (Wildman–Crippen MR) is 128 cm³/mol. The molecular formula is C20H30IN5OS. The normalized spacial score (nSPS) is 10.9. The minimum Gasteiger partial charge on any atom is -0.356 e. The van der Waals surface area contributed by atoms with Crippen molar-refractivity contribution in [3.8, 4) is 0 Å². The molecule has 2 rings (SSSR count). The fourth-order valence-corrected chi connectivity index (χ4v) is 3.50. The Balaban J connectivity index is 0.00000392. The van der Waals surface area contributed by atoms with E-state index in [-0.39, 0.29) is 29.9 Å². The lowest BCUT2D eigenvalue weighted by molar-refractivity contribution is 0.0963. The minimum absolute atomic E-state index is 0. The summed E-state index contributed by atoms with van der Waals surface area (Å²) < 4.78 is 0. The summed E-state index contributed by atoms with van der Waals surface area (Å²) in [6.45, 7) is 3.68. The molecule has 2 aromatic rings. The van der Waals surface area contributed by atoms with Gasteiger partial charge in [0.05, 0.1) is 5.01 Å². The van der Waals surface area contributed by atoms with Gasteiger partial charge in [-0.05, 0) is 50.3 Å². The Morgan fingerprint density at radius 1 is 1.18 bits per heavy atom. The van der Waals surface area contributed by atoms with Crippen molar-refractivity contribution >= 4 is 47.2 Å². The van der Waals surface area contributed by atoms with E-state index in [0.717, 1.165) is 56.0 Å². The second kappa shape index (κ2) is 13.5. The third kappa shape index (κ3) is 8.55. The van der Waals surface area contributed by atoms with Gasteiger partial charge in [0.2, 0.25) is 0 Å². The number of carbonyl (C=O) groups excluding carboxylic acids is 1. The number of nitrogens with one attached hydrogen (secondary N) is 3. The molecule has 8 heteroatoms. The Morgan fingerprint density at radius 3 is 2.64 bits per heavy atom. The van der Waals surface area contributed by atoms with Gasteiger partial charge in [0.1, 0.15) is 0 Å². The number of aryl methyl sites for hydroxylation is 2. The van der Waals surface area contributed by atoms with E-state index < -0.39 is 0 Å². The number of hydrogen-bond donors (Lipinski definition) is 3. The molecule has 28 heavy (non-hydrogen) atoms. The fourth-order valence-electron chi connectivity index (χ4n) is 2.68. The molecule has 0 fully saturated rings. The smallest absolute Gasteiger partial charge is 0.251 e. The molecule has 0 unspecified atom stereocenters. The van der Waals surface area contributed by atoms with Crippen LogP contribution in [0.3, 0.4) is 0 Å². The van der Waals surface area contributed by atoms with Crippen LogP contribution in [0.25, 0.3) is 0 Å². The van der Waals surface area contributed by atoms with Gasteiger partial charge in [-0.3, -0.25) is 9.79 Å². The molecule has 0 saturated carbocycles. The summed E-state index contributed by atoms with van der Waals surface area (Å²) in [7, 11) is 3.42. The zero-order valence-corrected chi connectivity index (χ0v) is 19.9. The van der Waals surface area contributed by atoms with Crippen LogP contribution in [-0.4, -0.2) is 44.0 Å². The topological polar surface area (TPSA) is 78.4 Å². The van der Waals surface area contributed by atoms with Crippen LogP contribution in [0, 0.1) is 6.92 Å². The van der Waals surface area contributed by atoms with Gasteiger partial charge in [-0.1, -0.05) is 12.1 Å². The number of unbranched alkanes of at least 4 members (excludes halogenated alkanes) is 1. The maximum atomic E-state index is 11.7. The van der Waals surface area contributed by atoms with Crippen molar-refractivity contribution in [2.45, 2.75) is 32.6 Å². The third-order valence-corrected chi connectivity index (χ3v) is 5.15. The van der Waals surface area contributed by atoms with Gasteiger partial charge in [-0.2, -0.15) is 0 Å². The number of rotatable bonds is 9. The molecule has 1 aromatic carbocycles. The number of thiazole rings is 1. The van der Waals surface area contributed by atoms with Crippen molar-refractivity contribution in [2.24, 2.45) is 4.99 Å². The summed E-state index contributed by atoms with van der Waals surface area (Å²) in [5.41, 5.74) is 2.92. The van der Waals surface area contributed by atoms with Crippen molar-refractivity contribution in [3.63, 3.8) is 0 Å². The Bertz CT molecular complexity index is 763. The summed E-state index contributed by atoms with van der Waals surface area (Å²) in [5, 5.41) is 12.6. The molecule has 1 heterocycles. The summed E-state index contributed by atoms with van der Waals surface area (Å²) >= 11 is 1.74. The number of aliphatic imine (C=N–C) groups is 1. The molecule has 154 valence electrons. The lowest BCUT2D eigenvalue weighted by Gasteiger charge is -2.12. The number of benzene rings is 1. The fraction of sp³-hybridized carbons (Fsp3) is 0.450. The zero-order chi connectivity index (χ0) is 19.5. The van der Waals surface area contributed by atoms with E-state index in [2.05, 4.69) is 31.3 Å². The number of amides is 1. The molecule has 0 spiro atoms. The number of nitrogens with zero attached hydrogens (tertiary/aromatic N) is 2. The summed E-state index contributed by atoms with van der Waals surface area (Å²) in [5.74, 6) is 0.748. The Labute approximate surface area is 188 Å². The molecule has 0 radical (unpaired) electrons. The lowest BCUT2D eigenvalue weighted by Crippen LogP contribution is -2.38. The van der Waals surface area contributed by atoms with Gasteiger partial charge in [-0.15, -0.1) is 35.3 Å². The highest BCUT2D eigenvalue weighted by atomic mass is 127. The monoisotopic (exact) mass is 515 g/mol. The van der Waals surface area contributed by atoms with Crippen molar-refractivity contribution < 1.29 is 4.79 Å². The van der Waals surface area contributed by atoms with Gasteiger partial charge >= 0.3 is 0 Å². The van der Waals surface area contributed by atoms with Crippen LogP contribution < -0.4 is 16.0 Å². The number of carbonyl (C=O) groups is 1. The molecule has 1 amide bonds. The van der Waals surface area contributed by atoms with Crippen LogP contribution in [0.2, 0.25) is 0 Å². The Morgan fingerprint density at radius 2 is 1.96 bits per heavy atom. The average molecular weight is 515 g/mol. The van der Waals surface area contributed by atoms with Gasteiger partial charge < -0.3 is 16.0 Å². The van der Waals surface area contributed by atoms with Crippen LogP contribution in [0.1, 0.15) is 39.5 Å². The van der Waals surface area contributed by atoms with E-state index in [4.69, 9.17) is 0 Å². The van der Waals surface area contributed by atoms with Gasteiger partial charge in [0, 0.05) is 43.8 Å². The Kier molecular flexibility index (Phi) is 11.7. The van der Waals surface area contributed by atoms with E-state index >= 15 is 0 Å². The summed E-state index contributed by atoms with van der Waals surface area (Å²) in [6, 6.07) is 7.70. The van der Waals surface area contributed by atoms with Gasteiger partial charge in [0.25, 0.3) is 5.91 Å². The molecule has 0 aliphatic carbocycles. The van der Waals surface area contributed by atoms with Crippen LogP contribution in [-0.2, 0) is 12.8 Å². The molecule has 3 N–H and O–H groups in total. The van der Waals surface area contributed by atoms with E-state index in [0.29, 0.717) is 5.56 Å². The average Bonchev–Trinajstić information content (AvgIpc) is 3.11. The molecule has 0 aliphatic heterocycles. The maximum Gasteiger partial charge on any atom is 0.251 e. The standard InChI is InChI=1S/C20H29N5OS.HI/c1-15-14-27-18(25-15)9-4-5-11-23-20(22-3)24-12-10-16-7-6-8-17(13-16)19(26)21-2;/h6-8,13-14H,4-5,9-12H2,1-3H3,(H,21,26)(H2,22,23,24);1H. The first kappa shape index (κ1) is 24.4. The van der Waals surface area contributed by atoms with E-state index in [1.165, 1.54) is 5.01 Å². The van der Waals surface area contributed by atoms with E-state index in [9.17, 15) is 4.79 Å². The van der Waals surface area contributed by atoms with E-state index in [1.54, 1.807) is 25.4 Å². The van der Waals surface area contributed by atoms with Gasteiger partial charge in [0.15, 0.2) is 5.96 Å². The quantitative estimate of drug-likeness (QED) is 0.208. The first-order chi connectivity index (χ1) is 13.1. The molecule has 1 aromatic heterocycles. The number of halogens is 1. The first-order valence-electron chi connectivity index (χ1n) is 9.29. The number of hydrogen-bond acceptors (Lipinski definition) is 4. The Hall–Kier alpha value is -1.68. The SMILES string of the molecule is CN=C(NCCCCc1nc(C)cs1)NCCc1cccc(C(=O)NC)c1.I. The van der Waals surface area contributed by atoms with Crippen LogP contribution in [0.15, 0.2) is 34.6 Å². The minimum atomic E-state index is -0.0600. The molecule has 6 nitrogen and oxygen atoms in total. The van der Waals surface area contributed by atoms with E-state index in [1.807, 2.05) is 31.2 Å². The van der Waals surface area contributed by atoms with Crippen molar-refractivity contribution in [2.75, 3.05) is 27.2 Å². The van der Waals surface area contributed by atoms with Crippen LogP contribution in [0.4, 0.5) is 0 Å². The number of aromatic nitrogens is 1. The number of guanidine groups is 1. The molecule has 0 atom stereocenters. The molecule has 0 saturated heterocycles. The maximum absolute atomic E-state index is 11.7. The van der Waals surface area contributed by atoms with Crippen LogP contribution in [0.5, 0.6) is 0 Å². The second-order valence-corrected chi connectivity index (χ2v) is 7.24. The van der Waals surface area contributed by atoms with Crippen molar-refractivity contribution in [1.82, 2.24) is 20.9 Å². The van der Waals surface area contributed by atoms with Crippen molar-refractivity contribution in [3.05, 3.63) is 51.5 Å². The highest BCUT2D eigenvalue weighted by molar-refractivity contribution is 14.0. The molecule has 0 bridgehead atoms. The first-order valence-corrected chi connectivity index (χ1v) is 10.2. The summed E-state index contributed by atoms with van der Waals surface area (Å²) in [6.07, 6.45) is 4.06. The zero-order valence-electron chi connectivity index (χ0n) is 16.7. The third-order valence-electron chi connectivity index (χ3n) is 4.12. The van der Waals surface area contributed by atoms with Crippen LogP contribution >= 0.6 is 35.3 Å².